The Kier molecular flexibility index (Phi) is 6.23. The van der Waals surface area contributed by atoms with Crippen LogP contribution in [0.2, 0.25) is 5.02 Å². The number of esters is 1. The highest BCUT2D eigenvalue weighted by atomic mass is 35.5. The second-order valence-corrected chi connectivity index (χ2v) is 7.96. The van der Waals surface area contributed by atoms with E-state index in [0.29, 0.717) is 28.4 Å². The summed E-state index contributed by atoms with van der Waals surface area (Å²) >= 11 is 6.05. The van der Waals surface area contributed by atoms with Crippen molar-refractivity contribution in [3.05, 3.63) is 83.4 Å². The van der Waals surface area contributed by atoms with Gasteiger partial charge in [-0.1, -0.05) is 60.1 Å². The Morgan fingerprint density at radius 1 is 0.844 bits per heavy atom. The van der Waals surface area contributed by atoms with E-state index in [0.717, 1.165) is 11.1 Å². The molecule has 4 rings (SSSR count). The van der Waals surface area contributed by atoms with Gasteiger partial charge in [0.1, 0.15) is 0 Å². The zero-order valence-corrected chi connectivity index (χ0v) is 18.1. The molecule has 2 N–H and O–H groups in total. The van der Waals surface area contributed by atoms with Gasteiger partial charge in [-0.2, -0.15) is 0 Å². The molecule has 0 heterocycles. The first-order valence-corrected chi connectivity index (χ1v) is 10.5. The molecule has 1 aliphatic carbocycles. The number of carbonyl (C=O) groups excluding carboxylic acids is 3. The summed E-state index contributed by atoms with van der Waals surface area (Å²) in [5.41, 5.74) is 3.63. The molecule has 3 aromatic carbocycles. The molecule has 7 heteroatoms. The molecule has 0 bridgehead atoms. The lowest BCUT2D eigenvalue weighted by Crippen LogP contribution is -2.19. The Labute approximate surface area is 190 Å². The van der Waals surface area contributed by atoms with Crippen molar-refractivity contribution in [2.45, 2.75) is 6.42 Å². The number of nitrogens with one attached hydrogen (secondary N) is 2. The number of carbonyl (C=O) groups is 3. The van der Waals surface area contributed by atoms with Gasteiger partial charge >= 0.3 is 12.0 Å². The van der Waals surface area contributed by atoms with Crippen molar-refractivity contribution in [1.82, 2.24) is 0 Å². The summed E-state index contributed by atoms with van der Waals surface area (Å²) < 4.78 is 4.71. The van der Waals surface area contributed by atoms with Crippen LogP contribution in [-0.4, -0.2) is 24.9 Å². The summed E-state index contributed by atoms with van der Waals surface area (Å²) in [7, 11) is 1.34. The number of methoxy groups -OCH3 is 1. The van der Waals surface area contributed by atoms with Gasteiger partial charge in [-0.05, 0) is 41.8 Å². The smallest absolute Gasteiger partial charge is 0.323 e. The zero-order valence-electron chi connectivity index (χ0n) is 17.3. The van der Waals surface area contributed by atoms with E-state index in [1.807, 2.05) is 24.3 Å². The monoisotopic (exact) mass is 448 g/mol. The Hall–Kier alpha value is -3.64. The lowest BCUT2D eigenvalue weighted by molar-refractivity contribution is -0.142. The maximum atomic E-state index is 12.5. The van der Waals surface area contributed by atoms with Crippen LogP contribution in [0.15, 0.2) is 72.8 Å². The van der Waals surface area contributed by atoms with Crippen LogP contribution in [0.25, 0.3) is 11.1 Å². The standard InChI is InChI=1S/C25H21ClN2O4/c1-32-24(30)20-14-19(20)23(29)17-8-6-15(7-9-17)16-10-12-18(13-11-16)27-25(31)28-22-5-3-2-4-21(22)26/h2-13,19-20H,14H2,1H3,(H2,27,28,31)/t19-,20-/m1/s1. The van der Waals surface area contributed by atoms with Crippen LogP contribution in [0, 0.1) is 11.8 Å². The third kappa shape index (κ3) is 4.81. The Balaban J connectivity index is 1.37. The SMILES string of the molecule is COC(=O)[C@@H]1C[C@H]1C(=O)c1ccc(-c2ccc(NC(=O)Nc3ccccc3Cl)cc2)cc1. The topological polar surface area (TPSA) is 84.5 Å². The number of hydrogen-bond acceptors (Lipinski definition) is 4. The number of para-hydroxylation sites is 1. The molecule has 1 saturated carbocycles. The minimum Gasteiger partial charge on any atom is -0.469 e. The molecule has 0 radical (unpaired) electrons. The molecular weight excluding hydrogens is 428 g/mol. The minimum absolute atomic E-state index is 0.0315. The van der Waals surface area contributed by atoms with E-state index < -0.39 is 0 Å². The van der Waals surface area contributed by atoms with E-state index >= 15 is 0 Å². The quantitative estimate of drug-likeness (QED) is 0.377. The molecule has 0 aliphatic heterocycles. The van der Waals surface area contributed by atoms with Gasteiger partial charge in [0, 0.05) is 17.2 Å². The summed E-state index contributed by atoms with van der Waals surface area (Å²) in [6.07, 6.45) is 0.547. The normalized spacial score (nSPS) is 16.7. The first-order valence-electron chi connectivity index (χ1n) is 10.1. The molecule has 3 aromatic rings. The summed E-state index contributed by atoms with van der Waals surface area (Å²) in [6, 6.07) is 21.3. The van der Waals surface area contributed by atoms with Crippen LogP contribution in [-0.2, 0) is 9.53 Å². The van der Waals surface area contributed by atoms with Gasteiger partial charge in [0.05, 0.1) is 23.7 Å². The van der Waals surface area contributed by atoms with Crippen molar-refractivity contribution in [3.8, 4) is 11.1 Å². The molecule has 162 valence electrons. The van der Waals surface area contributed by atoms with Crippen molar-refractivity contribution in [1.29, 1.82) is 0 Å². The van der Waals surface area contributed by atoms with E-state index in [9.17, 15) is 14.4 Å². The maximum Gasteiger partial charge on any atom is 0.323 e. The van der Waals surface area contributed by atoms with E-state index in [1.54, 1.807) is 48.5 Å². The number of hydrogen-bond donors (Lipinski definition) is 2. The van der Waals surface area contributed by atoms with Gasteiger partial charge in [0.15, 0.2) is 5.78 Å². The number of ketones is 1. The molecular formula is C25H21ClN2O4. The highest BCUT2D eigenvalue weighted by Gasteiger charge is 2.48. The number of amides is 2. The molecule has 6 nitrogen and oxygen atoms in total. The van der Waals surface area contributed by atoms with Crippen LogP contribution in [0.3, 0.4) is 0 Å². The Bertz CT molecular complexity index is 1160. The van der Waals surface area contributed by atoms with Crippen molar-refractivity contribution >= 4 is 40.8 Å². The third-order valence-corrected chi connectivity index (χ3v) is 5.73. The molecule has 32 heavy (non-hydrogen) atoms. The summed E-state index contributed by atoms with van der Waals surface area (Å²) in [6.45, 7) is 0. The number of ether oxygens (including phenoxy) is 1. The van der Waals surface area contributed by atoms with E-state index in [1.165, 1.54) is 7.11 Å². The van der Waals surface area contributed by atoms with Crippen molar-refractivity contribution in [3.63, 3.8) is 0 Å². The average molecular weight is 449 g/mol. The lowest BCUT2D eigenvalue weighted by atomic mass is 10.0. The summed E-state index contributed by atoms with van der Waals surface area (Å²) in [5, 5.41) is 5.93. The fourth-order valence-electron chi connectivity index (χ4n) is 3.53. The predicted octanol–water partition coefficient (Wildman–Crippen LogP) is 5.64. The van der Waals surface area contributed by atoms with Gasteiger partial charge in [0.2, 0.25) is 0 Å². The summed E-state index contributed by atoms with van der Waals surface area (Å²) in [5.74, 6) is -0.955. The highest BCUT2D eigenvalue weighted by Crippen LogP contribution is 2.42. The lowest BCUT2D eigenvalue weighted by Gasteiger charge is -2.10. The fourth-order valence-corrected chi connectivity index (χ4v) is 3.71. The predicted molar refractivity (Wildman–Crippen MR) is 124 cm³/mol. The van der Waals surface area contributed by atoms with Crippen LogP contribution < -0.4 is 10.6 Å². The molecule has 0 saturated heterocycles. The van der Waals surface area contributed by atoms with Crippen molar-refractivity contribution in [2.24, 2.45) is 11.8 Å². The van der Waals surface area contributed by atoms with Crippen LogP contribution in [0.1, 0.15) is 16.8 Å². The van der Waals surface area contributed by atoms with Crippen LogP contribution in [0.4, 0.5) is 16.2 Å². The number of urea groups is 1. The largest absolute Gasteiger partial charge is 0.469 e. The van der Waals surface area contributed by atoms with E-state index in [-0.39, 0.29) is 29.6 Å². The first kappa shape index (κ1) is 21.6. The van der Waals surface area contributed by atoms with Crippen LogP contribution >= 0.6 is 11.6 Å². The van der Waals surface area contributed by atoms with Gasteiger partial charge in [0.25, 0.3) is 0 Å². The minimum atomic E-state index is -0.390. The third-order valence-electron chi connectivity index (χ3n) is 5.40. The van der Waals surface area contributed by atoms with Crippen molar-refractivity contribution in [2.75, 3.05) is 17.7 Å². The number of Topliss-reactive ketones (excluding diaryl/α,β-unsaturated/α-hetero) is 1. The molecule has 0 spiro atoms. The molecule has 1 aliphatic rings. The second kappa shape index (κ2) is 9.24. The molecule has 0 aromatic heterocycles. The second-order valence-electron chi connectivity index (χ2n) is 7.55. The number of halogens is 1. The van der Waals surface area contributed by atoms with Crippen LogP contribution in [0.5, 0.6) is 0 Å². The first-order chi connectivity index (χ1) is 15.5. The van der Waals surface area contributed by atoms with Gasteiger partial charge in [-0.3, -0.25) is 9.59 Å². The van der Waals surface area contributed by atoms with Gasteiger partial charge in [-0.25, -0.2) is 4.79 Å². The number of anilines is 2. The maximum absolute atomic E-state index is 12.5. The van der Waals surface area contributed by atoms with E-state index in [2.05, 4.69) is 10.6 Å². The number of benzene rings is 3. The molecule has 2 atom stereocenters. The Morgan fingerprint density at radius 3 is 2.09 bits per heavy atom. The van der Waals surface area contributed by atoms with Gasteiger partial charge in [-0.15, -0.1) is 0 Å². The molecule has 1 fully saturated rings. The van der Waals surface area contributed by atoms with E-state index in [4.69, 9.17) is 16.3 Å². The van der Waals surface area contributed by atoms with Crippen molar-refractivity contribution < 1.29 is 19.1 Å². The highest BCUT2D eigenvalue weighted by molar-refractivity contribution is 6.33. The average Bonchev–Trinajstić information content (AvgIpc) is 3.61. The Morgan fingerprint density at radius 2 is 1.47 bits per heavy atom. The number of rotatable bonds is 6. The fraction of sp³-hybridized carbons (Fsp3) is 0.160. The molecule has 0 unspecified atom stereocenters. The van der Waals surface area contributed by atoms with Gasteiger partial charge < -0.3 is 15.4 Å². The summed E-state index contributed by atoms with van der Waals surface area (Å²) in [4.78, 5) is 36.3. The zero-order chi connectivity index (χ0) is 22.7. The molecule has 2 amide bonds.